The molecule has 1 aliphatic heterocycles. The molecule has 0 bridgehead atoms. The largest absolute Gasteiger partial charge is 0.359 e. The first-order chi connectivity index (χ1) is 11.0. The fourth-order valence-corrected chi connectivity index (χ4v) is 3.64. The normalized spacial score (nSPS) is 14.8. The molecule has 1 N–H and O–H groups in total. The highest BCUT2D eigenvalue weighted by Crippen LogP contribution is 2.35. The smallest absolute Gasteiger partial charge is 0.255 e. The van der Waals surface area contributed by atoms with Crippen LogP contribution in [0.4, 0.5) is 0 Å². The van der Waals surface area contributed by atoms with Crippen LogP contribution in [0.2, 0.25) is 0 Å². The summed E-state index contributed by atoms with van der Waals surface area (Å²) in [5.74, 6) is -0.253. The Kier molecular flexibility index (Phi) is 5.82. The van der Waals surface area contributed by atoms with Gasteiger partial charge in [-0.2, -0.15) is 0 Å². The van der Waals surface area contributed by atoms with Gasteiger partial charge in [-0.05, 0) is 24.1 Å². The fraction of sp³-hybridized carbons (Fsp3) is 0.471. The van der Waals surface area contributed by atoms with Gasteiger partial charge >= 0.3 is 0 Å². The standard InChI is InChI=1S/C17H22N2O3S/c1-11(2)23-15-6-4-5-13-14(15)9-19(17(13)22)12(10-20)7-8-16(21)18-3/h4-6,10-12H,7-9H2,1-3H3,(H,18,21). The molecular weight excluding hydrogens is 312 g/mol. The summed E-state index contributed by atoms with van der Waals surface area (Å²) in [5, 5.41) is 2.95. The second-order valence-electron chi connectivity index (χ2n) is 5.80. The molecule has 1 aliphatic rings. The minimum atomic E-state index is -0.566. The molecule has 0 saturated carbocycles. The summed E-state index contributed by atoms with van der Waals surface area (Å²) in [6.07, 6.45) is 1.34. The Balaban J connectivity index is 2.18. The number of benzene rings is 1. The van der Waals surface area contributed by atoms with E-state index in [1.807, 2.05) is 18.2 Å². The summed E-state index contributed by atoms with van der Waals surface area (Å²) < 4.78 is 0. The molecule has 2 amide bonds. The zero-order valence-corrected chi connectivity index (χ0v) is 14.5. The predicted molar refractivity (Wildman–Crippen MR) is 90.5 cm³/mol. The highest BCUT2D eigenvalue weighted by Gasteiger charge is 2.34. The zero-order valence-electron chi connectivity index (χ0n) is 13.7. The fourth-order valence-electron chi connectivity index (χ4n) is 2.66. The van der Waals surface area contributed by atoms with Crippen LogP contribution in [0.15, 0.2) is 23.1 Å². The summed E-state index contributed by atoms with van der Waals surface area (Å²) in [6, 6.07) is 5.14. The van der Waals surface area contributed by atoms with E-state index in [0.29, 0.717) is 23.8 Å². The number of nitrogens with zero attached hydrogens (tertiary/aromatic N) is 1. The first-order valence-electron chi connectivity index (χ1n) is 7.73. The van der Waals surface area contributed by atoms with Crippen molar-refractivity contribution in [2.24, 2.45) is 0 Å². The molecule has 1 aromatic carbocycles. The third-order valence-corrected chi connectivity index (χ3v) is 4.93. The van der Waals surface area contributed by atoms with Crippen molar-refractivity contribution in [1.29, 1.82) is 0 Å². The molecule has 124 valence electrons. The maximum atomic E-state index is 12.6. The van der Waals surface area contributed by atoms with Gasteiger partial charge in [0.15, 0.2) is 0 Å². The average Bonchev–Trinajstić information content (AvgIpc) is 2.86. The molecule has 6 heteroatoms. The molecule has 1 aromatic rings. The van der Waals surface area contributed by atoms with Gasteiger partial charge in [0.05, 0.1) is 6.04 Å². The molecule has 0 spiro atoms. The highest BCUT2D eigenvalue weighted by molar-refractivity contribution is 8.00. The van der Waals surface area contributed by atoms with Crippen LogP contribution in [0.3, 0.4) is 0 Å². The van der Waals surface area contributed by atoms with Crippen molar-refractivity contribution in [2.75, 3.05) is 7.05 Å². The quantitative estimate of drug-likeness (QED) is 0.613. The van der Waals surface area contributed by atoms with Crippen LogP contribution in [0.1, 0.15) is 42.6 Å². The van der Waals surface area contributed by atoms with Crippen molar-refractivity contribution in [3.63, 3.8) is 0 Å². The second-order valence-corrected chi connectivity index (χ2v) is 7.42. The number of thioether (sulfide) groups is 1. The summed E-state index contributed by atoms with van der Waals surface area (Å²) >= 11 is 1.72. The van der Waals surface area contributed by atoms with Crippen LogP contribution in [0.25, 0.3) is 0 Å². The van der Waals surface area contributed by atoms with Crippen LogP contribution < -0.4 is 5.32 Å². The number of rotatable bonds is 7. The first kappa shape index (κ1) is 17.5. The Morgan fingerprint density at radius 3 is 2.78 bits per heavy atom. The zero-order chi connectivity index (χ0) is 17.0. The van der Waals surface area contributed by atoms with Gasteiger partial charge in [-0.25, -0.2) is 0 Å². The van der Waals surface area contributed by atoms with E-state index in [9.17, 15) is 14.4 Å². The number of fused-ring (bicyclic) bond motifs is 1. The number of aldehydes is 1. The number of carbonyl (C=O) groups excluding carboxylic acids is 3. The molecule has 0 aromatic heterocycles. The minimum absolute atomic E-state index is 0.125. The molecule has 0 fully saturated rings. The Hall–Kier alpha value is -1.82. The van der Waals surface area contributed by atoms with Gasteiger partial charge in [0.1, 0.15) is 6.29 Å². The first-order valence-corrected chi connectivity index (χ1v) is 8.61. The highest BCUT2D eigenvalue weighted by atomic mass is 32.2. The molecule has 1 heterocycles. The molecule has 5 nitrogen and oxygen atoms in total. The van der Waals surface area contributed by atoms with Crippen molar-refractivity contribution in [3.05, 3.63) is 29.3 Å². The van der Waals surface area contributed by atoms with Crippen LogP contribution in [-0.4, -0.2) is 41.3 Å². The van der Waals surface area contributed by atoms with Crippen molar-refractivity contribution < 1.29 is 14.4 Å². The van der Waals surface area contributed by atoms with E-state index in [4.69, 9.17) is 0 Å². The lowest BCUT2D eigenvalue weighted by Crippen LogP contribution is -2.37. The van der Waals surface area contributed by atoms with Crippen LogP contribution >= 0.6 is 11.8 Å². The number of amides is 2. The lowest BCUT2D eigenvalue weighted by Gasteiger charge is -2.22. The van der Waals surface area contributed by atoms with E-state index in [0.717, 1.165) is 16.7 Å². The summed E-state index contributed by atoms with van der Waals surface area (Å²) in [5.41, 5.74) is 1.66. The van der Waals surface area contributed by atoms with E-state index < -0.39 is 6.04 Å². The molecule has 0 radical (unpaired) electrons. The van der Waals surface area contributed by atoms with Gasteiger partial charge in [0.25, 0.3) is 5.91 Å². The second kappa shape index (κ2) is 7.64. The predicted octanol–water partition coefficient (Wildman–Crippen LogP) is 2.24. The number of nitrogens with one attached hydrogen (secondary N) is 1. The molecule has 1 unspecified atom stereocenters. The Labute approximate surface area is 140 Å². The van der Waals surface area contributed by atoms with Crippen molar-refractivity contribution in [2.45, 2.75) is 49.4 Å². The van der Waals surface area contributed by atoms with E-state index in [-0.39, 0.29) is 18.2 Å². The van der Waals surface area contributed by atoms with E-state index >= 15 is 0 Å². The third-order valence-electron chi connectivity index (χ3n) is 3.82. The molecule has 2 rings (SSSR count). The topological polar surface area (TPSA) is 66.5 Å². The molecular formula is C17H22N2O3S. The summed E-state index contributed by atoms with van der Waals surface area (Å²) in [4.78, 5) is 38.1. The molecule has 1 atom stereocenters. The molecule has 0 aliphatic carbocycles. The summed E-state index contributed by atoms with van der Waals surface area (Å²) in [6.45, 7) is 4.65. The van der Waals surface area contributed by atoms with E-state index in [1.54, 1.807) is 23.7 Å². The van der Waals surface area contributed by atoms with E-state index in [2.05, 4.69) is 19.2 Å². The van der Waals surface area contributed by atoms with Crippen molar-refractivity contribution in [3.8, 4) is 0 Å². The number of hydrogen-bond donors (Lipinski definition) is 1. The van der Waals surface area contributed by atoms with Crippen LogP contribution in [-0.2, 0) is 16.1 Å². The SMILES string of the molecule is CNC(=O)CCC(C=O)N1Cc2c(SC(C)C)cccc2C1=O. The molecule has 0 saturated heterocycles. The van der Waals surface area contributed by atoms with Crippen LogP contribution in [0.5, 0.6) is 0 Å². The maximum Gasteiger partial charge on any atom is 0.255 e. The average molecular weight is 334 g/mol. The number of carbonyl (C=O) groups is 3. The van der Waals surface area contributed by atoms with Crippen LogP contribution in [0, 0.1) is 0 Å². The Bertz CT molecular complexity index is 616. The van der Waals surface area contributed by atoms with E-state index in [1.165, 1.54) is 0 Å². The van der Waals surface area contributed by atoms with Gasteiger partial charge in [0.2, 0.25) is 5.91 Å². The van der Waals surface area contributed by atoms with Crippen molar-refractivity contribution >= 4 is 29.9 Å². The monoisotopic (exact) mass is 334 g/mol. The van der Waals surface area contributed by atoms with Gasteiger partial charge in [-0.3, -0.25) is 9.59 Å². The van der Waals surface area contributed by atoms with Gasteiger partial charge in [0, 0.05) is 35.7 Å². The Morgan fingerprint density at radius 2 is 2.17 bits per heavy atom. The lowest BCUT2D eigenvalue weighted by atomic mass is 10.1. The van der Waals surface area contributed by atoms with Gasteiger partial charge in [-0.1, -0.05) is 19.9 Å². The summed E-state index contributed by atoms with van der Waals surface area (Å²) in [7, 11) is 1.56. The lowest BCUT2D eigenvalue weighted by molar-refractivity contribution is -0.121. The van der Waals surface area contributed by atoms with Gasteiger partial charge < -0.3 is 15.0 Å². The molecule has 23 heavy (non-hydrogen) atoms. The minimum Gasteiger partial charge on any atom is -0.359 e. The van der Waals surface area contributed by atoms with Crippen molar-refractivity contribution in [1.82, 2.24) is 10.2 Å². The maximum absolute atomic E-state index is 12.6. The Morgan fingerprint density at radius 1 is 1.43 bits per heavy atom. The van der Waals surface area contributed by atoms with Gasteiger partial charge in [-0.15, -0.1) is 11.8 Å². The third kappa shape index (κ3) is 3.93. The number of hydrogen-bond acceptors (Lipinski definition) is 4.